The summed E-state index contributed by atoms with van der Waals surface area (Å²) in [5, 5.41) is 0.780. The summed E-state index contributed by atoms with van der Waals surface area (Å²) in [5.74, 6) is 0. The number of rotatable bonds is 7. The zero-order valence-corrected chi connectivity index (χ0v) is 13.6. The fraction of sp³-hybridized carbons (Fsp3) is 0.200. The lowest BCUT2D eigenvalue weighted by Gasteiger charge is -2.11. The van der Waals surface area contributed by atoms with Crippen molar-refractivity contribution >= 4 is 28.2 Å². The number of aromatic nitrogens is 1. The van der Waals surface area contributed by atoms with Crippen molar-refractivity contribution in [3.63, 3.8) is 0 Å². The normalized spacial score (nSPS) is 11.3. The Labute approximate surface area is 133 Å². The molecule has 116 valence electrons. The number of pyridine rings is 1. The highest BCUT2D eigenvalue weighted by Crippen LogP contribution is 2.32. The van der Waals surface area contributed by atoms with Gasteiger partial charge in [-0.2, -0.15) is 8.42 Å². The Morgan fingerprint density at radius 3 is 2.73 bits per heavy atom. The van der Waals surface area contributed by atoms with Crippen LogP contribution in [-0.4, -0.2) is 26.3 Å². The molecule has 1 heterocycles. The van der Waals surface area contributed by atoms with E-state index in [1.807, 2.05) is 24.3 Å². The molecule has 1 aromatic heterocycles. The van der Waals surface area contributed by atoms with Gasteiger partial charge in [0.15, 0.2) is 0 Å². The molecular weight excluding hydrogens is 322 g/mol. The molecule has 0 saturated heterocycles. The summed E-state index contributed by atoms with van der Waals surface area (Å²) in [7, 11) is -3.87. The Morgan fingerprint density at radius 2 is 2.05 bits per heavy atom. The van der Waals surface area contributed by atoms with Crippen molar-refractivity contribution in [2.45, 2.75) is 28.2 Å². The van der Waals surface area contributed by atoms with Crippen LogP contribution in [0.5, 0.6) is 0 Å². The maximum Gasteiger partial charge on any atom is 0.297 e. The van der Waals surface area contributed by atoms with Crippen LogP contribution in [0.3, 0.4) is 0 Å². The topological polar surface area (TPSA) is 73.3 Å². The first-order valence-electron chi connectivity index (χ1n) is 6.56. The molecule has 0 unspecified atom stereocenters. The fourth-order valence-corrected chi connectivity index (χ4v) is 3.90. The number of hydrogen-bond acceptors (Lipinski definition) is 6. The molecule has 0 bridgehead atoms. The molecule has 7 heteroatoms. The van der Waals surface area contributed by atoms with E-state index in [1.54, 1.807) is 19.2 Å². The van der Waals surface area contributed by atoms with Gasteiger partial charge in [-0.1, -0.05) is 23.9 Å². The van der Waals surface area contributed by atoms with E-state index >= 15 is 0 Å². The molecule has 0 spiro atoms. The molecule has 0 aliphatic carbocycles. The summed E-state index contributed by atoms with van der Waals surface area (Å²) in [5.41, 5.74) is 0.601. The number of benzene rings is 1. The van der Waals surface area contributed by atoms with Crippen LogP contribution >= 0.6 is 11.8 Å². The first-order valence-corrected chi connectivity index (χ1v) is 8.78. The quantitative estimate of drug-likeness (QED) is 0.439. The zero-order valence-electron chi connectivity index (χ0n) is 11.9. The van der Waals surface area contributed by atoms with Gasteiger partial charge in [-0.25, -0.2) is 4.98 Å². The van der Waals surface area contributed by atoms with Crippen molar-refractivity contribution in [1.29, 1.82) is 0 Å². The summed E-state index contributed by atoms with van der Waals surface area (Å²) in [6, 6.07) is 10.5. The third kappa shape index (κ3) is 4.16. The minimum Gasteiger partial charge on any atom is -0.303 e. The SMILES string of the molecule is Cc1c(Sc2ccccn2)cccc1S(=O)(=O)OCCC=O. The summed E-state index contributed by atoms with van der Waals surface area (Å²) in [6.07, 6.45) is 2.34. The molecule has 0 aliphatic rings. The number of carbonyl (C=O) groups excluding carboxylic acids is 1. The van der Waals surface area contributed by atoms with Gasteiger partial charge >= 0.3 is 0 Å². The van der Waals surface area contributed by atoms with Crippen LogP contribution in [0, 0.1) is 6.92 Å². The van der Waals surface area contributed by atoms with Gasteiger partial charge in [-0.15, -0.1) is 0 Å². The van der Waals surface area contributed by atoms with Crippen LogP contribution in [0.4, 0.5) is 0 Å². The monoisotopic (exact) mass is 337 g/mol. The second-order valence-electron chi connectivity index (χ2n) is 4.38. The lowest BCUT2D eigenvalue weighted by Crippen LogP contribution is -2.09. The van der Waals surface area contributed by atoms with Gasteiger partial charge in [0.1, 0.15) is 11.3 Å². The molecule has 0 fully saturated rings. The Kier molecular flexibility index (Phi) is 5.70. The van der Waals surface area contributed by atoms with Gasteiger partial charge in [0.25, 0.3) is 10.1 Å². The van der Waals surface area contributed by atoms with E-state index in [1.165, 1.54) is 17.8 Å². The van der Waals surface area contributed by atoms with Gasteiger partial charge in [0.2, 0.25) is 0 Å². The van der Waals surface area contributed by atoms with Gasteiger partial charge in [-0.05, 0) is 36.8 Å². The van der Waals surface area contributed by atoms with Crippen molar-refractivity contribution in [2.24, 2.45) is 0 Å². The minimum absolute atomic E-state index is 0.0423. The third-order valence-electron chi connectivity index (χ3n) is 2.83. The predicted molar refractivity (Wildman–Crippen MR) is 83.4 cm³/mol. The molecule has 0 N–H and O–H groups in total. The van der Waals surface area contributed by atoms with E-state index in [-0.39, 0.29) is 17.9 Å². The van der Waals surface area contributed by atoms with Crippen molar-refractivity contribution in [1.82, 2.24) is 4.98 Å². The average molecular weight is 337 g/mol. The molecule has 0 aliphatic heterocycles. The molecular formula is C15H15NO4S2. The predicted octanol–water partition coefficient (Wildman–Crippen LogP) is 2.84. The Balaban J connectivity index is 2.27. The van der Waals surface area contributed by atoms with Crippen molar-refractivity contribution < 1.29 is 17.4 Å². The van der Waals surface area contributed by atoms with Crippen LogP contribution in [0.25, 0.3) is 0 Å². The van der Waals surface area contributed by atoms with Crippen LogP contribution in [0.15, 0.2) is 57.4 Å². The van der Waals surface area contributed by atoms with Crippen LogP contribution in [-0.2, 0) is 19.1 Å². The maximum atomic E-state index is 12.2. The number of hydrogen-bond donors (Lipinski definition) is 0. The first-order chi connectivity index (χ1) is 10.5. The van der Waals surface area contributed by atoms with Gasteiger partial charge < -0.3 is 4.79 Å². The van der Waals surface area contributed by atoms with Crippen molar-refractivity contribution in [3.8, 4) is 0 Å². The van der Waals surface area contributed by atoms with Crippen molar-refractivity contribution in [3.05, 3.63) is 48.2 Å². The molecule has 1 aromatic carbocycles. The van der Waals surface area contributed by atoms with Gasteiger partial charge in [-0.3, -0.25) is 4.18 Å². The summed E-state index contributed by atoms with van der Waals surface area (Å²) < 4.78 is 29.2. The second kappa shape index (κ2) is 7.53. The van der Waals surface area contributed by atoms with E-state index in [9.17, 15) is 13.2 Å². The van der Waals surface area contributed by atoms with E-state index in [0.29, 0.717) is 11.8 Å². The lowest BCUT2D eigenvalue weighted by molar-refractivity contribution is -0.108. The molecule has 2 aromatic rings. The van der Waals surface area contributed by atoms with E-state index in [4.69, 9.17) is 4.18 Å². The molecule has 0 radical (unpaired) electrons. The molecule has 22 heavy (non-hydrogen) atoms. The first kappa shape index (κ1) is 16.7. The largest absolute Gasteiger partial charge is 0.303 e. The maximum absolute atomic E-state index is 12.2. The molecule has 5 nitrogen and oxygen atoms in total. The standard InChI is InChI=1S/C15H15NO4S2/c1-12-13(21-15-8-2-3-9-16-15)6-4-7-14(12)22(18,19)20-11-5-10-17/h2-4,6-10H,5,11H2,1H3. The smallest absolute Gasteiger partial charge is 0.297 e. The number of carbonyl (C=O) groups is 1. The second-order valence-corrected chi connectivity index (χ2v) is 7.03. The molecule has 2 rings (SSSR count). The van der Waals surface area contributed by atoms with Crippen LogP contribution in [0.1, 0.15) is 12.0 Å². The zero-order chi connectivity index (χ0) is 16.0. The number of aldehydes is 1. The molecule has 0 saturated carbocycles. The Hall–Kier alpha value is -1.70. The van der Waals surface area contributed by atoms with Crippen molar-refractivity contribution in [2.75, 3.05) is 6.61 Å². The fourth-order valence-electron chi connectivity index (χ4n) is 1.77. The Morgan fingerprint density at radius 1 is 1.23 bits per heavy atom. The number of nitrogens with zero attached hydrogens (tertiary/aromatic N) is 1. The van der Waals surface area contributed by atoms with E-state index in [0.717, 1.165) is 9.92 Å². The van der Waals surface area contributed by atoms with Gasteiger partial charge in [0.05, 0.1) is 11.5 Å². The van der Waals surface area contributed by atoms with E-state index in [2.05, 4.69) is 4.98 Å². The average Bonchev–Trinajstić information content (AvgIpc) is 2.50. The summed E-state index contributed by atoms with van der Waals surface area (Å²) >= 11 is 1.39. The third-order valence-corrected chi connectivity index (χ3v) is 5.40. The highest BCUT2D eigenvalue weighted by Gasteiger charge is 2.19. The summed E-state index contributed by atoms with van der Waals surface area (Å²) in [6.45, 7) is 1.57. The van der Waals surface area contributed by atoms with Crippen LogP contribution in [0.2, 0.25) is 0 Å². The lowest BCUT2D eigenvalue weighted by atomic mass is 10.2. The van der Waals surface area contributed by atoms with E-state index < -0.39 is 10.1 Å². The highest BCUT2D eigenvalue weighted by atomic mass is 32.2. The van der Waals surface area contributed by atoms with Gasteiger partial charge in [0, 0.05) is 17.5 Å². The minimum atomic E-state index is -3.87. The van der Waals surface area contributed by atoms with Crippen LogP contribution < -0.4 is 0 Å². The summed E-state index contributed by atoms with van der Waals surface area (Å²) in [4.78, 5) is 15.4. The highest BCUT2D eigenvalue weighted by molar-refractivity contribution is 7.99. The Bertz CT molecular complexity index is 745. The molecule has 0 amide bonds. The molecule has 0 atom stereocenters.